The number of para-hydroxylation sites is 1. The fraction of sp³-hybridized carbons (Fsp3) is 0.214. The molecule has 1 atom stereocenters. The Bertz CT molecular complexity index is 734. The molecule has 2 heterocycles. The van der Waals surface area contributed by atoms with Gasteiger partial charge in [0.2, 0.25) is 0 Å². The lowest BCUT2D eigenvalue weighted by Gasteiger charge is -2.11. The van der Waals surface area contributed by atoms with Crippen LogP contribution in [-0.2, 0) is 13.5 Å². The lowest BCUT2D eigenvalue weighted by molar-refractivity contribution is 0.430. The van der Waals surface area contributed by atoms with E-state index in [2.05, 4.69) is 26.5 Å². The van der Waals surface area contributed by atoms with Crippen molar-refractivity contribution >= 4 is 26.9 Å². The minimum absolute atomic E-state index is 0.107. The maximum Gasteiger partial charge on any atom is 0.148 e. The second-order valence-electron chi connectivity index (χ2n) is 4.71. The normalized spacial score (nSPS) is 12.9. The van der Waals surface area contributed by atoms with Crippen molar-refractivity contribution in [1.29, 1.82) is 0 Å². The van der Waals surface area contributed by atoms with Crippen LogP contribution < -0.4 is 11.3 Å². The Morgan fingerprint density at radius 3 is 2.95 bits per heavy atom. The Labute approximate surface area is 124 Å². The molecule has 1 aromatic carbocycles. The molecular weight excluding hydrogens is 320 g/mol. The third kappa shape index (κ3) is 2.49. The zero-order valence-electron chi connectivity index (χ0n) is 11.0. The van der Waals surface area contributed by atoms with E-state index in [-0.39, 0.29) is 6.04 Å². The Balaban J connectivity index is 1.92. The van der Waals surface area contributed by atoms with Crippen molar-refractivity contribution < 1.29 is 4.42 Å². The molecular formula is C14H15BrN4O. The molecule has 3 aromatic rings. The highest BCUT2D eigenvalue weighted by molar-refractivity contribution is 9.10. The Hall–Kier alpha value is -1.63. The average Bonchev–Trinajstić information content (AvgIpc) is 3.03. The van der Waals surface area contributed by atoms with Crippen LogP contribution in [0.25, 0.3) is 11.0 Å². The Morgan fingerprint density at radius 1 is 1.45 bits per heavy atom. The fourth-order valence-electron chi connectivity index (χ4n) is 2.24. The summed E-state index contributed by atoms with van der Waals surface area (Å²) in [5.74, 6) is 6.47. The van der Waals surface area contributed by atoms with Gasteiger partial charge in [0, 0.05) is 25.1 Å². The van der Waals surface area contributed by atoms with Crippen LogP contribution in [0.5, 0.6) is 0 Å². The van der Waals surface area contributed by atoms with Gasteiger partial charge in [0.05, 0.1) is 16.2 Å². The van der Waals surface area contributed by atoms with Crippen LogP contribution in [0, 0.1) is 0 Å². The van der Waals surface area contributed by atoms with E-state index in [0.717, 1.165) is 26.9 Å². The van der Waals surface area contributed by atoms with Gasteiger partial charge in [-0.25, -0.2) is 5.43 Å². The van der Waals surface area contributed by atoms with E-state index in [0.29, 0.717) is 6.42 Å². The number of hydrogen-bond donors (Lipinski definition) is 2. The molecule has 6 heteroatoms. The van der Waals surface area contributed by atoms with E-state index in [1.165, 1.54) is 0 Å². The fourth-order valence-corrected chi connectivity index (χ4v) is 2.70. The maximum absolute atomic E-state index is 5.91. The summed E-state index contributed by atoms with van der Waals surface area (Å²) < 4.78 is 8.62. The quantitative estimate of drug-likeness (QED) is 0.568. The first kappa shape index (κ1) is 13.4. The SMILES string of the molecule is Cn1ccc(CC(NN)c2cc3cccc(Br)c3o2)n1. The molecule has 3 rings (SSSR count). The van der Waals surface area contributed by atoms with Crippen molar-refractivity contribution in [2.75, 3.05) is 0 Å². The number of nitrogens with one attached hydrogen (secondary N) is 1. The van der Waals surface area contributed by atoms with E-state index >= 15 is 0 Å². The van der Waals surface area contributed by atoms with Gasteiger partial charge in [-0.15, -0.1) is 0 Å². The number of hydrazine groups is 1. The summed E-state index contributed by atoms with van der Waals surface area (Å²) in [6.45, 7) is 0. The number of aromatic nitrogens is 2. The monoisotopic (exact) mass is 334 g/mol. The summed E-state index contributed by atoms with van der Waals surface area (Å²) in [5.41, 5.74) is 4.60. The first-order valence-corrected chi connectivity index (χ1v) is 7.09. The number of furan rings is 1. The number of hydrogen-bond acceptors (Lipinski definition) is 4. The molecule has 0 saturated heterocycles. The Kier molecular flexibility index (Phi) is 3.60. The zero-order valence-corrected chi connectivity index (χ0v) is 12.6. The van der Waals surface area contributed by atoms with Crippen molar-refractivity contribution in [1.82, 2.24) is 15.2 Å². The van der Waals surface area contributed by atoms with Crippen molar-refractivity contribution in [2.45, 2.75) is 12.5 Å². The van der Waals surface area contributed by atoms with Gasteiger partial charge in [0.15, 0.2) is 0 Å². The molecule has 3 N–H and O–H groups in total. The summed E-state index contributed by atoms with van der Waals surface area (Å²) >= 11 is 3.49. The maximum atomic E-state index is 5.91. The second-order valence-corrected chi connectivity index (χ2v) is 5.57. The van der Waals surface area contributed by atoms with Gasteiger partial charge in [0.25, 0.3) is 0 Å². The predicted octanol–water partition coefficient (Wildman–Crippen LogP) is 2.68. The standard InChI is InChI=1S/C14H15BrN4O/c1-19-6-5-10(18-19)8-12(17-16)13-7-9-3-2-4-11(15)14(9)20-13/h2-7,12,17H,8,16H2,1H3. The number of aryl methyl sites for hydroxylation is 1. The molecule has 0 aliphatic heterocycles. The molecule has 0 fully saturated rings. The van der Waals surface area contributed by atoms with Crippen LogP contribution in [0.2, 0.25) is 0 Å². The summed E-state index contributed by atoms with van der Waals surface area (Å²) in [4.78, 5) is 0. The first-order valence-electron chi connectivity index (χ1n) is 6.30. The summed E-state index contributed by atoms with van der Waals surface area (Å²) in [6.07, 6.45) is 2.59. The van der Waals surface area contributed by atoms with Crippen LogP contribution in [0.15, 0.2) is 45.4 Å². The van der Waals surface area contributed by atoms with E-state index < -0.39 is 0 Å². The minimum Gasteiger partial charge on any atom is -0.458 e. The lowest BCUT2D eigenvalue weighted by atomic mass is 10.1. The molecule has 104 valence electrons. The molecule has 5 nitrogen and oxygen atoms in total. The number of fused-ring (bicyclic) bond motifs is 1. The van der Waals surface area contributed by atoms with Gasteiger partial charge >= 0.3 is 0 Å². The molecule has 0 saturated carbocycles. The molecule has 0 aliphatic carbocycles. The molecule has 0 aliphatic rings. The largest absolute Gasteiger partial charge is 0.458 e. The van der Waals surface area contributed by atoms with Gasteiger partial charge in [-0.2, -0.15) is 5.10 Å². The number of rotatable bonds is 4. The van der Waals surface area contributed by atoms with Crippen LogP contribution in [0.4, 0.5) is 0 Å². The zero-order chi connectivity index (χ0) is 14.1. The van der Waals surface area contributed by atoms with Crippen molar-refractivity contribution in [3.8, 4) is 0 Å². The van der Waals surface area contributed by atoms with Gasteiger partial charge in [-0.05, 0) is 34.1 Å². The molecule has 2 aromatic heterocycles. The molecule has 0 spiro atoms. The van der Waals surface area contributed by atoms with Crippen molar-refractivity contribution in [3.05, 3.63) is 52.5 Å². The van der Waals surface area contributed by atoms with Gasteiger partial charge in [-0.1, -0.05) is 12.1 Å². The van der Waals surface area contributed by atoms with E-state index in [1.807, 2.05) is 43.6 Å². The van der Waals surface area contributed by atoms with Crippen LogP contribution in [0.3, 0.4) is 0 Å². The smallest absolute Gasteiger partial charge is 0.148 e. The van der Waals surface area contributed by atoms with Crippen molar-refractivity contribution in [2.24, 2.45) is 12.9 Å². The Morgan fingerprint density at radius 2 is 2.30 bits per heavy atom. The summed E-state index contributed by atoms with van der Waals surface area (Å²) in [6, 6.07) is 9.83. The molecule has 0 bridgehead atoms. The number of halogens is 1. The van der Waals surface area contributed by atoms with E-state index in [9.17, 15) is 0 Å². The van der Waals surface area contributed by atoms with Gasteiger partial charge < -0.3 is 4.42 Å². The van der Waals surface area contributed by atoms with Gasteiger partial charge in [-0.3, -0.25) is 10.5 Å². The summed E-state index contributed by atoms with van der Waals surface area (Å²) in [5, 5.41) is 5.42. The number of nitrogens with zero attached hydrogens (tertiary/aromatic N) is 2. The molecule has 0 amide bonds. The first-order chi connectivity index (χ1) is 9.67. The molecule has 1 unspecified atom stereocenters. The number of benzene rings is 1. The third-order valence-electron chi connectivity index (χ3n) is 3.24. The summed E-state index contributed by atoms with van der Waals surface area (Å²) in [7, 11) is 1.90. The highest BCUT2D eigenvalue weighted by atomic mass is 79.9. The predicted molar refractivity (Wildman–Crippen MR) is 80.9 cm³/mol. The topological polar surface area (TPSA) is 69.0 Å². The van der Waals surface area contributed by atoms with Gasteiger partial charge in [0.1, 0.15) is 11.3 Å². The van der Waals surface area contributed by atoms with E-state index in [4.69, 9.17) is 10.3 Å². The molecule has 20 heavy (non-hydrogen) atoms. The molecule has 0 radical (unpaired) electrons. The highest BCUT2D eigenvalue weighted by Gasteiger charge is 2.17. The van der Waals surface area contributed by atoms with Crippen LogP contribution >= 0.6 is 15.9 Å². The average molecular weight is 335 g/mol. The number of nitrogens with two attached hydrogens (primary N) is 1. The second kappa shape index (κ2) is 5.40. The lowest BCUT2D eigenvalue weighted by Crippen LogP contribution is -2.29. The van der Waals surface area contributed by atoms with E-state index in [1.54, 1.807) is 4.68 Å². The van der Waals surface area contributed by atoms with Crippen LogP contribution in [0.1, 0.15) is 17.5 Å². The highest BCUT2D eigenvalue weighted by Crippen LogP contribution is 2.30. The minimum atomic E-state index is -0.107. The van der Waals surface area contributed by atoms with Crippen LogP contribution in [-0.4, -0.2) is 9.78 Å². The van der Waals surface area contributed by atoms with Crippen molar-refractivity contribution in [3.63, 3.8) is 0 Å². The third-order valence-corrected chi connectivity index (χ3v) is 3.87.